The largest absolute Gasteiger partial charge is 0.360 e. The molecule has 1 unspecified atom stereocenters. The molecule has 0 bridgehead atoms. The van der Waals surface area contributed by atoms with E-state index in [1.807, 2.05) is 28.8 Å². The Morgan fingerprint density at radius 2 is 2.13 bits per heavy atom. The van der Waals surface area contributed by atoms with Crippen molar-refractivity contribution in [3.8, 4) is 11.4 Å². The quantitative estimate of drug-likeness (QED) is 0.333. The molecule has 0 aliphatic heterocycles. The summed E-state index contributed by atoms with van der Waals surface area (Å²) in [6.45, 7) is 8.25. The number of allylic oxidation sites excluding steroid dienone is 1. The Hall–Kier alpha value is -2.58. The van der Waals surface area contributed by atoms with Crippen LogP contribution in [0.25, 0.3) is 11.4 Å². The summed E-state index contributed by atoms with van der Waals surface area (Å²) in [5, 5.41) is 16.4. The van der Waals surface area contributed by atoms with E-state index in [9.17, 15) is 4.79 Å². The van der Waals surface area contributed by atoms with Crippen LogP contribution in [-0.4, -0.2) is 31.1 Å². The molecule has 2 aromatic heterocycles. The molecule has 158 valence electrons. The molecular weight excluding hydrogens is 422 g/mol. The van der Waals surface area contributed by atoms with Gasteiger partial charge in [0.15, 0.2) is 16.8 Å². The number of amides is 1. The van der Waals surface area contributed by atoms with Crippen molar-refractivity contribution in [2.24, 2.45) is 0 Å². The Balaban J connectivity index is 1.84. The molecule has 0 spiro atoms. The number of anilines is 1. The standard InChI is InChI=1S/C21H24ClN5O2S/c1-4-6-7-17(20(28)23-18-13-14(3)29-26-18)30-21-25-24-19(27(21)12-5-2)15-8-10-16(22)11-9-15/h5,8-11,13,17H,2,4,6-7,12H2,1,3H3,(H,23,26,28). The summed E-state index contributed by atoms with van der Waals surface area (Å²) in [5.41, 5.74) is 0.897. The molecule has 0 saturated carbocycles. The van der Waals surface area contributed by atoms with E-state index in [2.05, 4.69) is 34.2 Å². The van der Waals surface area contributed by atoms with Crippen LogP contribution in [0.2, 0.25) is 5.02 Å². The number of hydrogen-bond acceptors (Lipinski definition) is 6. The minimum absolute atomic E-state index is 0.136. The number of halogens is 1. The van der Waals surface area contributed by atoms with Crippen molar-refractivity contribution in [1.29, 1.82) is 0 Å². The first kappa shape index (κ1) is 22.1. The number of nitrogens with one attached hydrogen (secondary N) is 1. The molecule has 0 radical (unpaired) electrons. The number of rotatable bonds is 10. The first-order valence-electron chi connectivity index (χ1n) is 9.72. The van der Waals surface area contributed by atoms with Gasteiger partial charge in [-0.1, -0.05) is 54.4 Å². The fraction of sp³-hybridized carbons (Fsp3) is 0.333. The van der Waals surface area contributed by atoms with Gasteiger partial charge < -0.3 is 9.84 Å². The monoisotopic (exact) mass is 445 g/mol. The number of carbonyl (C=O) groups is 1. The van der Waals surface area contributed by atoms with E-state index >= 15 is 0 Å². The van der Waals surface area contributed by atoms with Crippen LogP contribution in [0, 0.1) is 6.92 Å². The zero-order chi connectivity index (χ0) is 21.5. The molecule has 9 heteroatoms. The highest BCUT2D eigenvalue weighted by molar-refractivity contribution is 8.00. The zero-order valence-corrected chi connectivity index (χ0v) is 18.5. The summed E-state index contributed by atoms with van der Waals surface area (Å²) in [4.78, 5) is 12.9. The fourth-order valence-electron chi connectivity index (χ4n) is 2.87. The Labute approximate surface area is 184 Å². The van der Waals surface area contributed by atoms with Gasteiger partial charge in [-0.15, -0.1) is 16.8 Å². The van der Waals surface area contributed by atoms with E-state index in [1.165, 1.54) is 11.8 Å². The first-order chi connectivity index (χ1) is 14.5. The minimum Gasteiger partial charge on any atom is -0.360 e. The van der Waals surface area contributed by atoms with Crippen LogP contribution >= 0.6 is 23.4 Å². The molecule has 3 rings (SSSR count). The van der Waals surface area contributed by atoms with Crippen LogP contribution < -0.4 is 5.32 Å². The maximum Gasteiger partial charge on any atom is 0.239 e. The lowest BCUT2D eigenvalue weighted by atomic mass is 10.2. The molecule has 0 aliphatic rings. The number of aromatic nitrogens is 4. The van der Waals surface area contributed by atoms with Gasteiger partial charge in [0, 0.05) is 23.2 Å². The molecule has 1 N–H and O–H groups in total. The van der Waals surface area contributed by atoms with E-state index < -0.39 is 0 Å². The fourth-order valence-corrected chi connectivity index (χ4v) is 4.08. The van der Waals surface area contributed by atoms with Gasteiger partial charge in [0.2, 0.25) is 5.91 Å². The van der Waals surface area contributed by atoms with Crippen molar-refractivity contribution in [2.75, 3.05) is 5.32 Å². The summed E-state index contributed by atoms with van der Waals surface area (Å²) < 4.78 is 6.99. The van der Waals surface area contributed by atoms with E-state index in [-0.39, 0.29) is 11.2 Å². The van der Waals surface area contributed by atoms with Gasteiger partial charge >= 0.3 is 0 Å². The molecule has 1 amide bonds. The average Bonchev–Trinajstić information content (AvgIpc) is 3.32. The number of thioether (sulfide) groups is 1. The Bertz CT molecular complexity index is 999. The molecule has 30 heavy (non-hydrogen) atoms. The van der Waals surface area contributed by atoms with Crippen molar-refractivity contribution >= 4 is 35.1 Å². The Kier molecular flexibility index (Phi) is 7.70. The first-order valence-corrected chi connectivity index (χ1v) is 11.0. The van der Waals surface area contributed by atoms with E-state index in [4.69, 9.17) is 16.1 Å². The van der Waals surface area contributed by atoms with E-state index in [0.29, 0.717) is 40.5 Å². The molecule has 1 atom stereocenters. The minimum atomic E-state index is -0.340. The lowest BCUT2D eigenvalue weighted by molar-refractivity contribution is -0.115. The second kappa shape index (κ2) is 10.4. The predicted molar refractivity (Wildman–Crippen MR) is 120 cm³/mol. The number of nitrogens with zero attached hydrogens (tertiary/aromatic N) is 4. The second-order valence-electron chi connectivity index (χ2n) is 6.77. The van der Waals surface area contributed by atoms with Crippen molar-refractivity contribution in [1.82, 2.24) is 19.9 Å². The van der Waals surface area contributed by atoms with Gasteiger partial charge in [-0.25, -0.2) is 0 Å². The van der Waals surface area contributed by atoms with Crippen LogP contribution in [0.3, 0.4) is 0 Å². The third-order valence-corrected chi connectivity index (χ3v) is 5.87. The van der Waals surface area contributed by atoms with Crippen LogP contribution in [-0.2, 0) is 11.3 Å². The predicted octanol–water partition coefficient (Wildman–Crippen LogP) is 5.37. The smallest absolute Gasteiger partial charge is 0.239 e. The normalized spacial score (nSPS) is 12.0. The summed E-state index contributed by atoms with van der Waals surface area (Å²) in [7, 11) is 0. The second-order valence-corrected chi connectivity index (χ2v) is 8.38. The maximum atomic E-state index is 12.9. The van der Waals surface area contributed by atoms with Gasteiger partial charge in [-0.05, 0) is 37.6 Å². The molecular formula is C21H24ClN5O2S. The molecule has 7 nitrogen and oxygen atoms in total. The van der Waals surface area contributed by atoms with Crippen molar-refractivity contribution in [3.63, 3.8) is 0 Å². The highest BCUT2D eigenvalue weighted by atomic mass is 35.5. The third kappa shape index (κ3) is 5.52. The topological polar surface area (TPSA) is 85.8 Å². The number of unbranched alkanes of at least 4 members (excludes halogenated alkanes) is 1. The average molecular weight is 446 g/mol. The Morgan fingerprint density at radius 1 is 1.37 bits per heavy atom. The van der Waals surface area contributed by atoms with Crippen molar-refractivity contribution < 1.29 is 9.32 Å². The molecule has 2 heterocycles. The van der Waals surface area contributed by atoms with E-state index in [0.717, 1.165) is 18.4 Å². The lowest BCUT2D eigenvalue weighted by Gasteiger charge is -2.15. The van der Waals surface area contributed by atoms with Gasteiger partial charge in [0.25, 0.3) is 0 Å². The highest BCUT2D eigenvalue weighted by Crippen LogP contribution is 2.30. The van der Waals surface area contributed by atoms with Gasteiger partial charge in [0.1, 0.15) is 5.76 Å². The molecule has 0 aliphatic carbocycles. The van der Waals surface area contributed by atoms with E-state index in [1.54, 1.807) is 19.1 Å². The number of hydrogen-bond donors (Lipinski definition) is 1. The van der Waals surface area contributed by atoms with Crippen molar-refractivity contribution in [3.05, 3.63) is 53.8 Å². The van der Waals surface area contributed by atoms with Crippen LogP contribution in [0.1, 0.15) is 31.9 Å². The maximum absolute atomic E-state index is 12.9. The Morgan fingerprint density at radius 3 is 2.77 bits per heavy atom. The van der Waals surface area contributed by atoms with Gasteiger partial charge in [0.05, 0.1) is 5.25 Å². The molecule has 3 aromatic rings. The zero-order valence-electron chi connectivity index (χ0n) is 17.0. The summed E-state index contributed by atoms with van der Waals surface area (Å²) >= 11 is 7.40. The molecule has 1 aromatic carbocycles. The SMILES string of the molecule is C=CCn1c(SC(CCCC)C(=O)Nc2cc(C)on2)nnc1-c1ccc(Cl)cc1. The van der Waals surface area contributed by atoms with Crippen LogP contribution in [0.5, 0.6) is 0 Å². The number of aryl methyl sites for hydroxylation is 1. The van der Waals surface area contributed by atoms with Crippen LogP contribution in [0.15, 0.2) is 52.7 Å². The van der Waals surface area contributed by atoms with Gasteiger partial charge in [-0.3, -0.25) is 9.36 Å². The molecule has 0 fully saturated rings. The lowest BCUT2D eigenvalue weighted by Crippen LogP contribution is -2.26. The summed E-state index contributed by atoms with van der Waals surface area (Å²) in [5.74, 6) is 1.62. The molecule has 0 saturated heterocycles. The highest BCUT2D eigenvalue weighted by Gasteiger charge is 2.24. The number of carbonyl (C=O) groups excluding carboxylic acids is 1. The third-order valence-electron chi connectivity index (χ3n) is 4.37. The van der Waals surface area contributed by atoms with Crippen molar-refractivity contribution in [2.45, 2.75) is 50.1 Å². The number of benzene rings is 1. The van der Waals surface area contributed by atoms with Crippen LogP contribution in [0.4, 0.5) is 5.82 Å². The van der Waals surface area contributed by atoms with Gasteiger partial charge in [-0.2, -0.15) is 0 Å². The summed E-state index contributed by atoms with van der Waals surface area (Å²) in [6.07, 6.45) is 4.40. The summed E-state index contributed by atoms with van der Waals surface area (Å²) in [6, 6.07) is 9.11.